The van der Waals surface area contributed by atoms with E-state index in [9.17, 15) is 13.6 Å². The minimum absolute atomic E-state index is 0.00691. The molecule has 1 aromatic heterocycles. The van der Waals surface area contributed by atoms with Crippen molar-refractivity contribution in [2.24, 2.45) is 0 Å². The third-order valence-corrected chi connectivity index (χ3v) is 2.81. The lowest BCUT2D eigenvalue weighted by atomic mass is 10.2. The van der Waals surface area contributed by atoms with Crippen molar-refractivity contribution >= 4 is 29.3 Å². The van der Waals surface area contributed by atoms with Crippen molar-refractivity contribution in [2.45, 2.75) is 0 Å². The molecule has 4 N–H and O–H groups in total. The highest BCUT2D eigenvalue weighted by molar-refractivity contribution is 6.29. The van der Waals surface area contributed by atoms with Gasteiger partial charge in [0.15, 0.2) is 0 Å². The average molecular weight is 328 g/mol. The van der Waals surface area contributed by atoms with Gasteiger partial charge < -0.3 is 16.4 Å². The normalized spacial score (nSPS) is 10.3. The second kappa shape index (κ2) is 6.99. The molecule has 0 fully saturated rings. The Bertz CT molecular complexity index is 658. The number of nitrogens with two attached hydrogens (primary N) is 1. The first kappa shape index (κ1) is 15.9. The molecule has 1 heterocycles. The van der Waals surface area contributed by atoms with Crippen molar-refractivity contribution in [1.82, 2.24) is 15.3 Å². The molecular formula is C13H12ClF2N5O. The van der Waals surface area contributed by atoms with Gasteiger partial charge in [0.2, 0.25) is 5.95 Å². The van der Waals surface area contributed by atoms with Crippen molar-refractivity contribution in [3.8, 4) is 0 Å². The standard InChI is InChI=1S/C13H12ClF2N5O/c14-9-6-10(21-13(17)20-9)18-4-5-19-12(22)11-7(15)2-1-3-8(11)16/h1-3,6H,4-5H2,(H,19,22)(H3,17,18,20,21). The highest BCUT2D eigenvalue weighted by Crippen LogP contribution is 2.12. The lowest BCUT2D eigenvalue weighted by molar-refractivity contribution is 0.0946. The van der Waals surface area contributed by atoms with Gasteiger partial charge in [0.1, 0.15) is 28.2 Å². The Hall–Kier alpha value is -2.48. The van der Waals surface area contributed by atoms with E-state index < -0.39 is 23.1 Å². The number of aromatic nitrogens is 2. The summed E-state index contributed by atoms with van der Waals surface area (Å²) in [5.41, 5.74) is 4.81. The third kappa shape index (κ3) is 4.01. The Labute approximate surface area is 129 Å². The maximum absolute atomic E-state index is 13.4. The molecule has 0 saturated carbocycles. The zero-order chi connectivity index (χ0) is 16.1. The molecule has 0 saturated heterocycles. The monoisotopic (exact) mass is 327 g/mol. The van der Waals surface area contributed by atoms with E-state index in [0.29, 0.717) is 5.82 Å². The van der Waals surface area contributed by atoms with Crippen LogP contribution in [-0.2, 0) is 0 Å². The molecule has 116 valence electrons. The highest BCUT2D eigenvalue weighted by atomic mass is 35.5. The summed E-state index contributed by atoms with van der Waals surface area (Å²) in [6.45, 7) is 0.378. The second-order valence-corrected chi connectivity index (χ2v) is 4.60. The van der Waals surface area contributed by atoms with Gasteiger partial charge in [0, 0.05) is 19.2 Å². The number of halogens is 3. The maximum atomic E-state index is 13.4. The summed E-state index contributed by atoms with van der Waals surface area (Å²) in [6, 6.07) is 4.67. The zero-order valence-electron chi connectivity index (χ0n) is 11.2. The van der Waals surface area contributed by atoms with E-state index in [1.807, 2.05) is 0 Å². The Balaban J connectivity index is 1.87. The molecule has 0 radical (unpaired) electrons. The molecule has 0 spiro atoms. The van der Waals surface area contributed by atoms with E-state index in [-0.39, 0.29) is 24.2 Å². The Kier molecular flexibility index (Phi) is 5.05. The van der Waals surface area contributed by atoms with E-state index in [0.717, 1.165) is 12.1 Å². The number of nitrogens with zero attached hydrogens (tertiary/aromatic N) is 2. The zero-order valence-corrected chi connectivity index (χ0v) is 12.0. The molecule has 0 unspecified atom stereocenters. The van der Waals surface area contributed by atoms with Crippen molar-refractivity contribution in [3.63, 3.8) is 0 Å². The molecule has 0 aliphatic carbocycles. The summed E-state index contributed by atoms with van der Waals surface area (Å²) < 4.78 is 26.8. The van der Waals surface area contributed by atoms with Gasteiger partial charge in [-0.15, -0.1) is 0 Å². The molecule has 0 aliphatic heterocycles. The molecule has 9 heteroatoms. The van der Waals surface area contributed by atoms with Crippen molar-refractivity contribution in [3.05, 3.63) is 46.6 Å². The largest absolute Gasteiger partial charge is 0.368 e. The minimum atomic E-state index is -0.916. The van der Waals surface area contributed by atoms with Crippen LogP contribution in [0.15, 0.2) is 24.3 Å². The van der Waals surface area contributed by atoms with Gasteiger partial charge in [-0.05, 0) is 12.1 Å². The quantitative estimate of drug-likeness (QED) is 0.575. The molecule has 0 atom stereocenters. The minimum Gasteiger partial charge on any atom is -0.368 e. The number of hydrogen-bond donors (Lipinski definition) is 3. The molecule has 0 bridgehead atoms. The number of carbonyl (C=O) groups is 1. The number of carbonyl (C=O) groups excluding carboxylic acids is 1. The van der Waals surface area contributed by atoms with Crippen LogP contribution in [0.2, 0.25) is 5.15 Å². The van der Waals surface area contributed by atoms with Crippen molar-refractivity contribution < 1.29 is 13.6 Å². The van der Waals surface area contributed by atoms with Gasteiger partial charge in [-0.25, -0.2) is 13.8 Å². The van der Waals surface area contributed by atoms with Gasteiger partial charge in [-0.3, -0.25) is 4.79 Å². The van der Waals surface area contributed by atoms with Crippen molar-refractivity contribution in [1.29, 1.82) is 0 Å². The van der Waals surface area contributed by atoms with Gasteiger partial charge in [0.25, 0.3) is 5.91 Å². The van der Waals surface area contributed by atoms with Crippen LogP contribution in [0, 0.1) is 11.6 Å². The number of hydrogen-bond acceptors (Lipinski definition) is 5. The second-order valence-electron chi connectivity index (χ2n) is 4.21. The summed E-state index contributed by atoms with van der Waals surface area (Å²) in [7, 11) is 0. The molecule has 0 aliphatic rings. The summed E-state index contributed by atoms with van der Waals surface area (Å²) in [5, 5.41) is 5.41. The molecule has 2 rings (SSSR count). The Morgan fingerprint density at radius 2 is 1.91 bits per heavy atom. The van der Waals surface area contributed by atoms with Crippen molar-refractivity contribution in [2.75, 3.05) is 24.1 Å². The highest BCUT2D eigenvalue weighted by Gasteiger charge is 2.16. The van der Waals surface area contributed by atoms with E-state index in [2.05, 4.69) is 20.6 Å². The van der Waals surface area contributed by atoms with E-state index >= 15 is 0 Å². The summed E-state index contributed by atoms with van der Waals surface area (Å²) >= 11 is 5.70. The Morgan fingerprint density at radius 3 is 2.55 bits per heavy atom. The van der Waals surface area contributed by atoms with E-state index in [1.54, 1.807) is 0 Å². The summed E-state index contributed by atoms with van der Waals surface area (Å²) in [4.78, 5) is 19.3. The van der Waals surface area contributed by atoms with Gasteiger partial charge in [-0.1, -0.05) is 17.7 Å². The number of rotatable bonds is 5. The van der Waals surface area contributed by atoms with Crippen LogP contribution in [0.25, 0.3) is 0 Å². The number of amides is 1. The first-order chi connectivity index (χ1) is 10.5. The topological polar surface area (TPSA) is 92.9 Å². The molecule has 1 aromatic carbocycles. The predicted molar refractivity (Wildman–Crippen MR) is 78.6 cm³/mol. The van der Waals surface area contributed by atoms with Gasteiger partial charge in [-0.2, -0.15) is 4.98 Å². The lowest BCUT2D eigenvalue weighted by Gasteiger charge is -2.09. The third-order valence-electron chi connectivity index (χ3n) is 2.62. The molecular weight excluding hydrogens is 316 g/mol. The van der Waals surface area contributed by atoms with Crippen LogP contribution in [0.1, 0.15) is 10.4 Å². The van der Waals surface area contributed by atoms with Crippen LogP contribution < -0.4 is 16.4 Å². The number of benzene rings is 1. The van der Waals surface area contributed by atoms with E-state index in [4.69, 9.17) is 17.3 Å². The van der Waals surface area contributed by atoms with Gasteiger partial charge >= 0.3 is 0 Å². The van der Waals surface area contributed by atoms with E-state index in [1.165, 1.54) is 12.1 Å². The number of nitrogen functional groups attached to an aromatic ring is 1. The van der Waals surface area contributed by atoms with Crippen LogP contribution >= 0.6 is 11.6 Å². The number of anilines is 2. The molecule has 1 amide bonds. The van der Waals surface area contributed by atoms with Crippen LogP contribution in [-0.4, -0.2) is 29.0 Å². The lowest BCUT2D eigenvalue weighted by Crippen LogP contribution is -2.30. The smallest absolute Gasteiger partial charge is 0.257 e. The first-order valence-corrected chi connectivity index (χ1v) is 6.61. The summed E-state index contributed by atoms with van der Waals surface area (Å²) in [5.74, 6) is -2.28. The SMILES string of the molecule is Nc1nc(Cl)cc(NCCNC(=O)c2c(F)cccc2F)n1. The molecule has 6 nitrogen and oxygen atoms in total. The summed E-state index contributed by atoms with van der Waals surface area (Å²) in [6.07, 6.45) is 0. The first-order valence-electron chi connectivity index (χ1n) is 6.23. The fourth-order valence-corrected chi connectivity index (χ4v) is 1.89. The molecule has 22 heavy (non-hydrogen) atoms. The molecule has 2 aromatic rings. The maximum Gasteiger partial charge on any atom is 0.257 e. The van der Waals surface area contributed by atoms with Crippen LogP contribution in [0.4, 0.5) is 20.5 Å². The average Bonchev–Trinajstić information content (AvgIpc) is 2.42. The Morgan fingerprint density at radius 1 is 1.23 bits per heavy atom. The van der Waals surface area contributed by atoms with Crippen LogP contribution in [0.5, 0.6) is 0 Å². The number of nitrogens with one attached hydrogen (secondary N) is 2. The predicted octanol–water partition coefficient (Wildman–Crippen LogP) is 1.83. The fourth-order valence-electron chi connectivity index (χ4n) is 1.70. The van der Waals surface area contributed by atoms with Gasteiger partial charge in [0.05, 0.1) is 0 Å². The fraction of sp³-hybridized carbons (Fsp3) is 0.154. The van der Waals surface area contributed by atoms with Crippen LogP contribution in [0.3, 0.4) is 0 Å².